The Kier molecular flexibility index (Phi) is 5.74. The first-order valence-electron chi connectivity index (χ1n) is 10.2. The third-order valence-corrected chi connectivity index (χ3v) is 5.64. The van der Waals surface area contributed by atoms with Gasteiger partial charge in [-0.1, -0.05) is 25.0 Å². The smallest absolute Gasteiger partial charge is 0.325 e. The molecule has 152 valence electrons. The van der Waals surface area contributed by atoms with Gasteiger partial charge in [-0.05, 0) is 48.6 Å². The van der Waals surface area contributed by atoms with Gasteiger partial charge in [0.1, 0.15) is 11.6 Å². The minimum absolute atomic E-state index is 0.0224. The van der Waals surface area contributed by atoms with Gasteiger partial charge in [-0.25, -0.2) is 14.2 Å². The first-order chi connectivity index (χ1) is 14.1. The van der Waals surface area contributed by atoms with Crippen LogP contribution in [0, 0.1) is 11.7 Å². The van der Waals surface area contributed by atoms with E-state index in [9.17, 15) is 14.0 Å². The third-order valence-electron chi connectivity index (χ3n) is 5.64. The van der Waals surface area contributed by atoms with Crippen molar-refractivity contribution in [2.75, 3.05) is 23.3 Å². The van der Waals surface area contributed by atoms with Crippen molar-refractivity contribution in [3.8, 4) is 0 Å². The van der Waals surface area contributed by atoms with Crippen LogP contribution in [0.15, 0.2) is 42.6 Å². The average Bonchev–Trinajstić information content (AvgIpc) is 3.35. The van der Waals surface area contributed by atoms with E-state index in [1.807, 2.05) is 0 Å². The predicted molar refractivity (Wildman–Crippen MR) is 109 cm³/mol. The summed E-state index contributed by atoms with van der Waals surface area (Å²) in [7, 11) is 0. The molecule has 1 aromatic carbocycles. The second-order valence-corrected chi connectivity index (χ2v) is 7.79. The number of benzene rings is 1. The lowest BCUT2D eigenvalue weighted by Gasteiger charge is -2.18. The van der Waals surface area contributed by atoms with Gasteiger partial charge in [0.25, 0.3) is 0 Å². The van der Waals surface area contributed by atoms with E-state index in [2.05, 4.69) is 10.3 Å². The Labute approximate surface area is 169 Å². The molecule has 1 aromatic heterocycles. The van der Waals surface area contributed by atoms with Crippen LogP contribution in [0.5, 0.6) is 0 Å². The largest absolute Gasteiger partial charge is 0.326 e. The zero-order valence-corrected chi connectivity index (χ0v) is 16.3. The topological polar surface area (TPSA) is 65.5 Å². The van der Waals surface area contributed by atoms with Crippen LogP contribution in [0.4, 0.5) is 20.7 Å². The Morgan fingerprint density at radius 1 is 1.10 bits per heavy atom. The average molecular weight is 396 g/mol. The molecule has 6 nitrogen and oxygen atoms in total. The molecule has 0 atom stereocenters. The molecule has 1 N–H and O–H groups in total. The molecule has 2 aliphatic rings. The number of nitrogens with one attached hydrogen (secondary N) is 1. The highest BCUT2D eigenvalue weighted by atomic mass is 19.1. The minimum Gasteiger partial charge on any atom is -0.325 e. The standard InChI is InChI=1S/C22H25FN4O2/c23-18-7-5-17(6-8-18)15-26-11-12-27(22(26)29)20-10-9-19(14-24-20)25-21(28)13-16-3-1-2-4-16/h5-10,14,16H,1-4,11-13,15H2,(H,25,28). The van der Waals surface area contributed by atoms with E-state index in [1.54, 1.807) is 40.3 Å². The third kappa shape index (κ3) is 4.72. The molecule has 1 aliphatic heterocycles. The van der Waals surface area contributed by atoms with Crippen molar-refractivity contribution in [3.63, 3.8) is 0 Å². The van der Waals surface area contributed by atoms with Crippen molar-refractivity contribution in [2.45, 2.75) is 38.6 Å². The molecule has 4 rings (SSSR count). The summed E-state index contributed by atoms with van der Waals surface area (Å²) >= 11 is 0. The van der Waals surface area contributed by atoms with Crippen molar-refractivity contribution < 1.29 is 14.0 Å². The Morgan fingerprint density at radius 3 is 2.55 bits per heavy atom. The molecule has 1 saturated heterocycles. The first-order valence-corrected chi connectivity index (χ1v) is 10.2. The fraction of sp³-hybridized carbons (Fsp3) is 0.409. The van der Waals surface area contributed by atoms with E-state index in [1.165, 1.54) is 25.0 Å². The van der Waals surface area contributed by atoms with Gasteiger partial charge in [-0.3, -0.25) is 9.69 Å². The monoisotopic (exact) mass is 396 g/mol. The van der Waals surface area contributed by atoms with E-state index < -0.39 is 0 Å². The zero-order valence-electron chi connectivity index (χ0n) is 16.3. The summed E-state index contributed by atoms with van der Waals surface area (Å²) in [5.41, 5.74) is 1.53. The van der Waals surface area contributed by atoms with Gasteiger partial charge in [-0.15, -0.1) is 0 Å². The molecule has 2 aromatic rings. The molecule has 0 spiro atoms. The Morgan fingerprint density at radius 2 is 1.86 bits per heavy atom. The zero-order chi connectivity index (χ0) is 20.2. The van der Waals surface area contributed by atoms with Gasteiger partial charge in [0.05, 0.1) is 11.9 Å². The van der Waals surface area contributed by atoms with Crippen LogP contribution in [-0.2, 0) is 11.3 Å². The van der Waals surface area contributed by atoms with Gasteiger partial charge in [0.2, 0.25) is 5.91 Å². The van der Waals surface area contributed by atoms with Crippen LogP contribution < -0.4 is 10.2 Å². The quantitative estimate of drug-likeness (QED) is 0.797. The van der Waals surface area contributed by atoms with E-state index in [-0.39, 0.29) is 17.8 Å². The normalized spacial score (nSPS) is 17.2. The van der Waals surface area contributed by atoms with Crippen LogP contribution in [-0.4, -0.2) is 34.9 Å². The van der Waals surface area contributed by atoms with Gasteiger partial charge in [0.15, 0.2) is 0 Å². The second-order valence-electron chi connectivity index (χ2n) is 7.79. The maximum absolute atomic E-state index is 13.0. The molecule has 0 unspecified atom stereocenters. The van der Waals surface area contributed by atoms with E-state index in [0.29, 0.717) is 43.5 Å². The minimum atomic E-state index is -0.289. The molecule has 3 amide bonds. The van der Waals surface area contributed by atoms with Crippen LogP contribution in [0.25, 0.3) is 0 Å². The fourth-order valence-corrected chi connectivity index (χ4v) is 4.06. The molecule has 7 heteroatoms. The van der Waals surface area contributed by atoms with E-state index >= 15 is 0 Å². The first kappa shape index (κ1) is 19.4. The number of hydrogen-bond donors (Lipinski definition) is 1. The van der Waals surface area contributed by atoms with Crippen molar-refractivity contribution in [3.05, 3.63) is 54.0 Å². The summed E-state index contributed by atoms with van der Waals surface area (Å²) in [6.45, 7) is 1.56. The number of urea groups is 1. The van der Waals surface area contributed by atoms with Gasteiger partial charge in [0, 0.05) is 26.1 Å². The number of carbonyl (C=O) groups is 2. The summed E-state index contributed by atoms with van der Waals surface area (Å²) in [4.78, 5) is 32.6. The van der Waals surface area contributed by atoms with Crippen LogP contribution >= 0.6 is 0 Å². The summed E-state index contributed by atoms with van der Waals surface area (Å²) in [6, 6.07) is 9.58. The molecule has 1 aliphatic carbocycles. The highest BCUT2D eigenvalue weighted by Crippen LogP contribution is 2.28. The van der Waals surface area contributed by atoms with Crippen LogP contribution in [0.3, 0.4) is 0 Å². The number of carbonyl (C=O) groups excluding carboxylic acids is 2. The lowest BCUT2D eigenvalue weighted by molar-refractivity contribution is -0.117. The predicted octanol–water partition coefficient (Wildman–Crippen LogP) is 4.18. The molecule has 0 bridgehead atoms. The fourth-order valence-electron chi connectivity index (χ4n) is 4.06. The maximum atomic E-state index is 13.0. The Balaban J connectivity index is 1.33. The van der Waals surface area contributed by atoms with Crippen molar-refractivity contribution in [2.24, 2.45) is 5.92 Å². The molecular formula is C22H25FN4O2. The molecule has 2 heterocycles. The molecule has 1 saturated carbocycles. The van der Waals surface area contributed by atoms with Crippen molar-refractivity contribution >= 4 is 23.4 Å². The van der Waals surface area contributed by atoms with Gasteiger partial charge in [-0.2, -0.15) is 0 Å². The SMILES string of the molecule is O=C(CC1CCCC1)Nc1ccc(N2CCN(Cc3ccc(F)cc3)C2=O)nc1. The number of nitrogens with zero attached hydrogens (tertiary/aromatic N) is 3. The number of halogens is 1. The highest BCUT2D eigenvalue weighted by molar-refractivity contribution is 5.94. The number of anilines is 2. The lowest BCUT2D eigenvalue weighted by Crippen LogP contribution is -2.31. The van der Waals surface area contributed by atoms with Gasteiger partial charge < -0.3 is 10.2 Å². The molecule has 2 fully saturated rings. The molecule has 29 heavy (non-hydrogen) atoms. The summed E-state index contributed by atoms with van der Waals surface area (Å²) in [5.74, 6) is 0.791. The lowest BCUT2D eigenvalue weighted by atomic mass is 10.0. The number of amides is 3. The summed E-state index contributed by atoms with van der Waals surface area (Å²) in [6.07, 6.45) is 6.86. The highest BCUT2D eigenvalue weighted by Gasteiger charge is 2.30. The summed E-state index contributed by atoms with van der Waals surface area (Å²) in [5, 5.41) is 2.90. The summed E-state index contributed by atoms with van der Waals surface area (Å²) < 4.78 is 13.0. The van der Waals surface area contributed by atoms with Gasteiger partial charge >= 0.3 is 6.03 Å². The van der Waals surface area contributed by atoms with Crippen LogP contribution in [0.2, 0.25) is 0 Å². The van der Waals surface area contributed by atoms with E-state index in [4.69, 9.17) is 0 Å². The molecular weight excluding hydrogens is 371 g/mol. The second kappa shape index (κ2) is 8.59. The van der Waals surface area contributed by atoms with Crippen LogP contribution in [0.1, 0.15) is 37.7 Å². The van der Waals surface area contributed by atoms with Crippen molar-refractivity contribution in [1.82, 2.24) is 9.88 Å². The molecule has 0 radical (unpaired) electrons. The Bertz CT molecular complexity index is 863. The van der Waals surface area contributed by atoms with E-state index in [0.717, 1.165) is 18.4 Å². The number of pyridine rings is 1. The number of aromatic nitrogens is 1. The number of rotatable bonds is 6. The number of hydrogen-bond acceptors (Lipinski definition) is 3. The maximum Gasteiger partial charge on any atom is 0.326 e. The van der Waals surface area contributed by atoms with Crippen molar-refractivity contribution in [1.29, 1.82) is 0 Å². The Hall–Kier alpha value is -2.96.